The Morgan fingerprint density at radius 3 is 2.94 bits per heavy atom. The fraction of sp³-hybridized carbons (Fsp3) is 0.818. The molecule has 4 nitrogen and oxygen atoms in total. The molecule has 0 amide bonds. The molecule has 1 fully saturated rings. The summed E-state index contributed by atoms with van der Waals surface area (Å²) >= 11 is 3.90. The highest BCUT2D eigenvalue weighted by Crippen LogP contribution is 2.35. The highest BCUT2D eigenvalue weighted by molar-refractivity contribution is 8.07. The second-order valence-corrected chi connectivity index (χ2v) is 6.94. The second-order valence-electron chi connectivity index (χ2n) is 4.31. The van der Waals surface area contributed by atoms with Gasteiger partial charge in [-0.15, -0.1) is 5.10 Å². The van der Waals surface area contributed by atoms with Crippen LogP contribution < -0.4 is 0 Å². The third kappa shape index (κ3) is 3.39. The smallest absolute Gasteiger partial charge is 0.0853 e. The molecule has 3 unspecified atom stereocenters. The minimum absolute atomic E-state index is 0.311. The molecule has 6 heteroatoms. The largest absolute Gasteiger partial charge is 0.392 e. The Morgan fingerprint density at radius 2 is 2.29 bits per heavy atom. The zero-order chi connectivity index (χ0) is 12.3. The first-order valence-corrected chi connectivity index (χ1v) is 8.07. The summed E-state index contributed by atoms with van der Waals surface area (Å²) in [6.07, 6.45) is 3.31. The van der Waals surface area contributed by atoms with Crippen molar-refractivity contribution in [3.8, 4) is 0 Å². The van der Waals surface area contributed by atoms with Crippen LogP contribution in [0.3, 0.4) is 0 Å². The van der Waals surface area contributed by atoms with Crippen molar-refractivity contribution in [2.24, 2.45) is 7.05 Å². The standard InChI is InChI=1S/C11H19N3OS2/c1-3-10-11(17-5-4-16-10)9(15)6-8-7-14(2)13-12-8/h7,9-11,15H,3-6H2,1-2H3. The van der Waals surface area contributed by atoms with E-state index in [-0.39, 0.29) is 6.10 Å². The van der Waals surface area contributed by atoms with Gasteiger partial charge in [-0.05, 0) is 6.42 Å². The lowest BCUT2D eigenvalue weighted by molar-refractivity contribution is 0.168. The molecule has 1 aromatic heterocycles. The number of hydrogen-bond acceptors (Lipinski definition) is 5. The van der Waals surface area contributed by atoms with Crippen LogP contribution in [0.4, 0.5) is 0 Å². The number of nitrogens with zero attached hydrogens (tertiary/aromatic N) is 3. The second kappa shape index (κ2) is 6.11. The molecule has 1 aromatic rings. The van der Waals surface area contributed by atoms with Gasteiger partial charge in [-0.25, -0.2) is 0 Å². The topological polar surface area (TPSA) is 50.9 Å². The number of aliphatic hydroxyl groups excluding tert-OH is 1. The number of hydrogen-bond donors (Lipinski definition) is 1. The maximum Gasteiger partial charge on any atom is 0.0853 e. The maximum atomic E-state index is 10.3. The SMILES string of the molecule is CCC1SCCSC1C(O)Cc1cn(C)nn1. The van der Waals surface area contributed by atoms with Crippen LogP contribution in [0.15, 0.2) is 6.20 Å². The minimum Gasteiger partial charge on any atom is -0.392 e. The summed E-state index contributed by atoms with van der Waals surface area (Å²) in [5.74, 6) is 2.35. The van der Waals surface area contributed by atoms with Gasteiger partial charge in [0.15, 0.2) is 0 Å². The van der Waals surface area contributed by atoms with Gasteiger partial charge in [-0.1, -0.05) is 12.1 Å². The Bertz CT molecular complexity index is 358. The fourth-order valence-corrected chi connectivity index (χ4v) is 5.26. The summed E-state index contributed by atoms with van der Waals surface area (Å²) in [5, 5.41) is 19.2. The molecule has 0 aromatic carbocycles. The Kier molecular flexibility index (Phi) is 4.76. The lowest BCUT2D eigenvalue weighted by atomic mass is 10.1. The van der Waals surface area contributed by atoms with Crippen molar-refractivity contribution in [3.05, 3.63) is 11.9 Å². The van der Waals surface area contributed by atoms with Gasteiger partial charge in [0.25, 0.3) is 0 Å². The van der Waals surface area contributed by atoms with E-state index in [4.69, 9.17) is 0 Å². The highest BCUT2D eigenvalue weighted by Gasteiger charge is 2.31. The molecule has 2 heterocycles. The van der Waals surface area contributed by atoms with Crippen LogP contribution in [0, 0.1) is 0 Å². The first kappa shape index (κ1) is 13.2. The van der Waals surface area contributed by atoms with Gasteiger partial charge < -0.3 is 5.11 Å². The van der Waals surface area contributed by atoms with Crippen LogP contribution in [0.1, 0.15) is 19.0 Å². The molecule has 0 bridgehead atoms. The van der Waals surface area contributed by atoms with E-state index in [2.05, 4.69) is 17.2 Å². The van der Waals surface area contributed by atoms with E-state index in [1.807, 2.05) is 36.8 Å². The Balaban J connectivity index is 1.95. The van der Waals surface area contributed by atoms with E-state index in [9.17, 15) is 5.11 Å². The zero-order valence-electron chi connectivity index (χ0n) is 10.2. The molecule has 1 N–H and O–H groups in total. The maximum absolute atomic E-state index is 10.3. The van der Waals surface area contributed by atoms with Crippen molar-refractivity contribution < 1.29 is 5.11 Å². The average molecular weight is 273 g/mol. The van der Waals surface area contributed by atoms with E-state index >= 15 is 0 Å². The lowest BCUT2D eigenvalue weighted by Gasteiger charge is -2.33. The molecule has 96 valence electrons. The lowest BCUT2D eigenvalue weighted by Crippen LogP contribution is -2.37. The minimum atomic E-state index is -0.311. The Hall–Kier alpha value is -0.200. The number of rotatable bonds is 4. The van der Waals surface area contributed by atoms with Crippen LogP contribution in [-0.4, -0.2) is 48.2 Å². The summed E-state index contributed by atoms with van der Waals surface area (Å²) in [6, 6.07) is 0. The molecule has 1 aliphatic heterocycles. The summed E-state index contributed by atoms with van der Waals surface area (Å²) in [6.45, 7) is 2.20. The Labute approximate surface area is 111 Å². The molecule has 0 saturated carbocycles. The Morgan fingerprint density at radius 1 is 1.53 bits per heavy atom. The van der Waals surface area contributed by atoms with Crippen molar-refractivity contribution in [1.29, 1.82) is 0 Å². The summed E-state index contributed by atoms with van der Waals surface area (Å²) < 4.78 is 1.68. The normalized spacial score (nSPS) is 27.0. The molecule has 2 rings (SSSR count). The first-order valence-electron chi connectivity index (χ1n) is 5.97. The predicted octanol–water partition coefficient (Wildman–Crippen LogP) is 1.35. The monoisotopic (exact) mass is 273 g/mol. The predicted molar refractivity (Wildman–Crippen MR) is 73.5 cm³/mol. The molecular formula is C11H19N3OS2. The molecule has 3 atom stereocenters. The average Bonchev–Trinajstić information content (AvgIpc) is 2.74. The van der Waals surface area contributed by atoms with Crippen LogP contribution >= 0.6 is 23.5 Å². The summed E-state index contributed by atoms with van der Waals surface area (Å²) in [7, 11) is 1.85. The van der Waals surface area contributed by atoms with Crippen LogP contribution in [0.5, 0.6) is 0 Å². The van der Waals surface area contributed by atoms with E-state index in [0.717, 1.165) is 17.9 Å². The van der Waals surface area contributed by atoms with Crippen LogP contribution in [0.2, 0.25) is 0 Å². The van der Waals surface area contributed by atoms with Gasteiger partial charge >= 0.3 is 0 Å². The summed E-state index contributed by atoms with van der Waals surface area (Å²) in [4.78, 5) is 0. The van der Waals surface area contributed by atoms with Gasteiger partial charge in [0.1, 0.15) is 0 Å². The van der Waals surface area contributed by atoms with Gasteiger partial charge in [0, 0.05) is 41.7 Å². The molecule has 1 aliphatic rings. The fourth-order valence-electron chi connectivity index (χ4n) is 2.11. The van der Waals surface area contributed by atoms with Gasteiger partial charge in [0.2, 0.25) is 0 Å². The third-order valence-corrected chi connectivity index (χ3v) is 6.33. The molecule has 17 heavy (non-hydrogen) atoms. The van der Waals surface area contributed by atoms with Crippen molar-refractivity contribution >= 4 is 23.5 Å². The number of aryl methyl sites for hydroxylation is 1. The van der Waals surface area contributed by atoms with Crippen molar-refractivity contribution in [2.45, 2.75) is 36.4 Å². The van der Waals surface area contributed by atoms with E-state index in [1.165, 1.54) is 5.75 Å². The molecule has 1 saturated heterocycles. The van der Waals surface area contributed by atoms with E-state index in [1.54, 1.807) is 4.68 Å². The molecule has 0 radical (unpaired) electrons. The number of aromatic nitrogens is 3. The van der Waals surface area contributed by atoms with Crippen molar-refractivity contribution in [1.82, 2.24) is 15.0 Å². The van der Waals surface area contributed by atoms with Crippen LogP contribution in [0.25, 0.3) is 0 Å². The summed E-state index contributed by atoms with van der Waals surface area (Å²) in [5.41, 5.74) is 0.881. The van der Waals surface area contributed by atoms with Gasteiger partial charge in [-0.2, -0.15) is 23.5 Å². The highest BCUT2D eigenvalue weighted by atomic mass is 32.2. The number of aliphatic hydroxyl groups is 1. The van der Waals surface area contributed by atoms with Gasteiger partial charge in [-0.3, -0.25) is 4.68 Å². The van der Waals surface area contributed by atoms with Crippen molar-refractivity contribution in [3.63, 3.8) is 0 Å². The van der Waals surface area contributed by atoms with E-state index < -0.39 is 0 Å². The van der Waals surface area contributed by atoms with Gasteiger partial charge in [0.05, 0.1) is 11.8 Å². The van der Waals surface area contributed by atoms with Crippen LogP contribution in [-0.2, 0) is 13.5 Å². The number of thioether (sulfide) groups is 2. The van der Waals surface area contributed by atoms with E-state index in [0.29, 0.717) is 16.9 Å². The molecular weight excluding hydrogens is 254 g/mol. The molecule has 0 aliphatic carbocycles. The third-order valence-electron chi connectivity index (χ3n) is 2.94. The zero-order valence-corrected chi connectivity index (χ0v) is 11.9. The van der Waals surface area contributed by atoms with Crippen molar-refractivity contribution in [2.75, 3.05) is 11.5 Å². The molecule has 0 spiro atoms. The quantitative estimate of drug-likeness (QED) is 0.897. The first-order chi connectivity index (χ1) is 8.20.